The number of nitrogens with zero attached hydrogens (tertiary/aromatic N) is 2. The zero-order valence-electron chi connectivity index (χ0n) is 15.2. The summed E-state index contributed by atoms with van der Waals surface area (Å²) in [5, 5.41) is 33.3. The summed E-state index contributed by atoms with van der Waals surface area (Å²) >= 11 is 0. The Morgan fingerprint density at radius 1 is 1.11 bits per heavy atom. The van der Waals surface area contributed by atoms with E-state index in [-0.39, 0.29) is 17.7 Å². The second kappa shape index (κ2) is 7.49. The van der Waals surface area contributed by atoms with Gasteiger partial charge in [-0.3, -0.25) is 14.9 Å². The maximum atomic E-state index is 12.3. The van der Waals surface area contributed by atoms with Crippen LogP contribution in [0.2, 0.25) is 0 Å². The van der Waals surface area contributed by atoms with Crippen molar-refractivity contribution in [2.75, 3.05) is 0 Å². The van der Waals surface area contributed by atoms with Crippen molar-refractivity contribution in [2.24, 2.45) is 5.41 Å². The van der Waals surface area contributed by atoms with E-state index in [1.165, 1.54) is 18.2 Å². The first-order chi connectivity index (χ1) is 13.5. The van der Waals surface area contributed by atoms with E-state index in [1.807, 2.05) is 36.4 Å². The zero-order chi connectivity index (χ0) is 20.3. The average molecular weight is 374 g/mol. The quantitative estimate of drug-likeness (QED) is 0.489. The van der Waals surface area contributed by atoms with Gasteiger partial charge >= 0.3 is 5.97 Å². The number of carbonyl (C=O) groups is 1. The van der Waals surface area contributed by atoms with Gasteiger partial charge in [-0.15, -0.1) is 0 Å². The van der Waals surface area contributed by atoms with Crippen molar-refractivity contribution in [1.29, 1.82) is 5.26 Å². The number of fused-ring (bicyclic) bond motifs is 1. The molecule has 0 saturated carbocycles. The summed E-state index contributed by atoms with van der Waals surface area (Å²) in [4.78, 5) is 23.4. The Balaban J connectivity index is 2.45. The largest absolute Gasteiger partial charge is 0.480 e. The Hall–Kier alpha value is -3.72. The van der Waals surface area contributed by atoms with E-state index in [0.717, 1.165) is 10.8 Å². The van der Waals surface area contributed by atoms with Crippen LogP contribution in [0.1, 0.15) is 30.4 Å². The third kappa shape index (κ3) is 2.97. The topological polar surface area (TPSA) is 104 Å². The summed E-state index contributed by atoms with van der Waals surface area (Å²) in [6.45, 7) is 1.62. The van der Waals surface area contributed by atoms with Gasteiger partial charge in [0.15, 0.2) is 5.41 Å². The highest BCUT2D eigenvalue weighted by Gasteiger charge is 2.49. The SMILES string of the molecule is CCC(C#N)(C(=O)O)C(c1ccccc1[N+](=O)[O-])c1cccc2ccccc12. The smallest absolute Gasteiger partial charge is 0.325 e. The fourth-order valence-corrected chi connectivity index (χ4v) is 3.77. The monoisotopic (exact) mass is 374 g/mol. The van der Waals surface area contributed by atoms with Crippen LogP contribution in [-0.4, -0.2) is 16.0 Å². The highest BCUT2D eigenvalue weighted by molar-refractivity contribution is 5.89. The van der Waals surface area contributed by atoms with E-state index in [2.05, 4.69) is 0 Å². The van der Waals surface area contributed by atoms with Gasteiger partial charge in [-0.05, 0) is 22.8 Å². The molecule has 6 heteroatoms. The molecule has 3 aromatic rings. The van der Waals surface area contributed by atoms with Crippen molar-refractivity contribution < 1.29 is 14.8 Å². The van der Waals surface area contributed by atoms with E-state index in [1.54, 1.807) is 25.1 Å². The van der Waals surface area contributed by atoms with Crippen LogP contribution in [0.3, 0.4) is 0 Å². The molecule has 28 heavy (non-hydrogen) atoms. The average Bonchev–Trinajstić information content (AvgIpc) is 2.71. The molecule has 0 radical (unpaired) electrons. The zero-order valence-corrected chi connectivity index (χ0v) is 15.2. The number of hydrogen-bond acceptors (Lipinski definition) is 4. The Bertz CT molecular complexity index is 1100. The summed E-state index contributed by atoms with van der Waals surface area (Å²) in [5.74, 6) is -2.30. The summed E-state index contributed by atoms with van der Waals surface area (Å²) in [5.41, 5.74) is -1.25. The van der Waals surface area contributed by atoms with Crippen LogP contribution in [0.5, 0.6) is 0 Å². The molecular weight excluding hydrogens is 356 g/mol. The van der Waals surface area contributed by atoms with Gasteiger partial charge in [0.1, 0.15) is 0 Å². The number of hydrogen-bond donors (Lipinski definition) is 1. The van der Waals surface area contributed by atoms with Crippen molar-refractivity contribution in [3.8, 4) is 6.07 Å². The second-order valence-electron chi connectivity index (χ2n) is 6.56. The Morgan fingerprint density at radius 2 is 1.71 bits per heavy atom. The predicted octanol–water partition coefficient (Wildman–Crippen LogP) is 4.88. The lowest BCUT2D eigenvalue weighted by molar-refractivity contribution is -0.385. The molecule has 0 spiro atoms. The van der Waals surface area contributed by atoms with Gasteiger partial charge in [-0.2, -0.15) is 5.26 Å². The third-order valence-electron chi connectivity index (χ3n) is 5.21. The normalized spacial score (nSPS) is 14.0. The number of rotatable bonds is 6. The van der Waals surface area contributed by atoms with E-state index >= 15 is 0 Å². The molecule has 0 aromatic heterocycles. The van der Waals surface area contributed by atoms with Gasteiger partial charge < -0.3 is 5.11 Å². The lowest BCUT2D eigenvalue weighted by Crippen LogP contribution is -2.36. The van der Waals surface area contributed by atoms with E-state index < -0.39 is 22.2 Å². The van der Waals surface area contributed by atoms with E-state index in [0.29, 0.717) is 5.56 Å². The molecular formula is C22H18N2O4. The maximum Gasteiger partial charge on any atom is 0.325 e. The molecule has 6 nitrogen and oxygen atoms in total. The highest BCUT2D eigenvalue weighted by Crippen LogP contribution is 2.48. The van der Waals surface area contributed by atoms with Gasteiger partial charge in [0.25, 0.3) is 5.69 Å². The van der Waals surface area contributed by atoms with Crippen LogP contribution in [0.25, 0.3) is 10.8 Å². The molecule has 2 unspecified atom stereocenters. The standard InChI is InChI=1S/C22H18N2O4/c1-2-22(14-23,21(25)26)20(18-11-5-6-13-19(18)24(27)28)17-12-7-9-15-8-3-4-10-16(15)17/h3-13,20H,2H2,1H3,(H,25,26). The molecule has 2 atom stereocenters. The number of aliphatic carboxylic acids is 1. The lowest BCUT2D eigenvalue weighted by Gasteiger charge is -2.31. The molecule has 0 aliphatic heterocycles. The summed E-state index contributed by atoms with van der Waals surface area (Å²) in [6.07, 6.45) is -0.00122. The lowest BCUT2D eigenvalue weighted by atomic mass is 9.67. The molecule has 0 bridgehead atoms. The van der Waals surface area contributed by atoms with E-state index in [9.17, 15) is 25.3 Å². The highest BCUT2D eigenvalue weighted by atomic mass is 16.6. The number of nitro benzene ring substituents is 1. The Morgan fingerprint density at radius 3 is 2.36 bits per heavy atom. The number of para-hydroxylation sites is 1. The van der Waals surface area contributed by atoms with Gasteiger partial charge in [-0.25, -0.2) is 0 Å². The third-order valence-corrected chi connectivity index (χ3v) is 5.21. The molecule has 0 saturated heterocycles. The summed E-state index contributed by atoms with van der Waals surface area (Å²) in [7, 11) is 0. The van der Waals surface area contributed by atoms with E-state index in [4.69, 9.17) is 0 Å². The first-order valence-electron chi connectivity index (χ1n) is 8.82. The first kappa shape index (κ1) is 19.1. The number of benzene rings is 3. The number of nitro groups is 1. The fourth-order valence-electron chi connectivity index (χ4n) is 3.77. The molecule has 0 fully saturated rings. The minimum Gasteiger partial charge on any atom is -0.480 e. The molecule has 0 amide bonds. The van der Waals surface area contributed by atoms with Crippen molar-refractivity contribution in [3.63, 3.8) is 0 Å². The molecule has 140 valence electrons. The van der Waals surface area contributed by atoms with Crippen LogP contribution < -0.4 is 0 Å². The molecule has 0 heterocycles. The minimum atomic E-state index is -1.85. The van der Waals surface area contributed by atoms with Crippen molar-refractivity contribution >= 4 is 22.4 Å². The van der Waals surface area contributed by atoms with Crippen LogP contribution in [0.15, 0.2) is 66.7 Å². The number of carboxylic acid groups (broad SMARTS) is 1. The van der Waals surface area contributed by atoms with Crippen molar-refractivity contribution in [1.82, 2.24) is 0 Å². The van der Waals surface area contributed by atoms with Gasteiger partial charge in [-0.1, -0.05) is 67.6 Å². The molecule has 0 aliphatic carbocycles. The summed E-state index contributed by atoms with van der Waals surface area (Å²) in [6, 6.07) is 20.8. The van der Waals surface area contributed by atoms with Crippen molar-refractivity contribution in [3.05, 3.63) is 88.0 Å². The molecule has 3 aromatic carbocycles. The number of nitriles is 1. The van der Waals surface area contributed by atoms with Gasteiger partial charge in [0.2, 0.25) is 0 Å². The Kier molecular flexibility index (Phi) is 5.10. The van der Waals surface area contributed by atoms with Crippen molar-refractivity contribution in [2.45, 2.75) is 19.3 Å². The molecule has 3 rings (SSSR count). The van der Waals surface area contributed by atoms with Crippen LogP contribution in [0.4, 0.5) is 5.69 Å². The predicted molar refractivity (Wildman–Crippen MR) is 105 cm³/mol. The fraction of sp³-hybridized carbons (Fsp3) is 0.182. The van der Waals surface area contributed by atoms with Crippen LogP contribution in [0, 0.1) is 26.9 Å². The summed E-state index contributed by atoms with van der Waals surface area (Å²) < 4.78 is 0. The second-order valence-corrected chi connectivity index (χ2v) is 6.56. The van der Waals surface area contributed by atoms with Crippen LogP contribution in [-0.2, 0) is 4.79 Å². The van der Waals surface area contributed by atoms with Gasteiger partial charge in [0, 0.05) is 17.5 Å². The Labute approximate surface area is 161 Å². The number of carboxylic acids is 1. The maximum absolute atomic E-state index is 12.3. The van der Waals surface area contributed by atoms with Gasteiger partial charge in [0.05, 0.1) is 11.0 Å². The molecule has 1 N–H and O–H groups in total. The van der Waals surface area contributed by atoms with Crippen LogP contribution >= 0.6 is 0 Å². The molecule has 0 aliphatic rings. The minimum absolute atomic E-state index is 0.00122. The first-order valence-corrected chi connectivity index (χ1v) is 8.82.